The van der Waals surface area contributed by atoms with E-state index in [0.29, 0.717) is 28.1 Å². The number of hydrogen-bond acceptors (Lipinski definition) is 1. The molecule has 0 heterocycles. The molecule has 0 aliphatic carbocycles. The molecule has 0 atom stereocenters. The predicted octanol–water partition coefficient (Wildman–Crippen LogP) is 3.92. The van der Waals surface area contributed by atoms with E-state index >= 15 is 0 Å². The van der Waals surface area contributed by atoms with Crippen molar-refractivity contribution in [1.82, 2.24) is 4.90 Å². The molecule has 0 unspecified atom stereocenters. The summed E-state index contributed by atoms with van der Waals surface area (Å²) in [5.41, 5.74) is 0.588. The number of amides is 1. The number of benzene rings is 1. The first-order valence-corrected chi connectivity index (χ1v) is 6.23. The third-order valence-corrected chi connectivity index (χ3v) is 3.37. The van der Waals surface area contributed by atoms with Crippen LogP contribution in [0, 0.1) is 0 Å². The maximum absolute atomic E-state index is 12.2. The fraction of sp³-hybridized carbons (Fsp3) is 0.154. The van der Waals surface area contributed by atoms with Crippen LogP contribution in [0.4, 0.5) is 0 Å². The van der Waals surface area contributed by atoms with Crippen LogP contribution in [0.25, 0.3) is 0 Å². The third kappa shape index (κ3) is 3.72. The first-order chi connectivity index (χ1) is 8.10. The molecule has 1 rings (SSSR count). The molecule has 0 saturated heterocycles. The third-order valence-electron chi connectivity index (χ3n) is 2.15. The van der Waals surface area contributed by atoms with Gasteiger partial charge < -0.3 is 4.90 Å². The standard InChI is InChI=1S/C13H13BrClNO/c1-3-7-16(8-4-2)13(17)10-5-6-12(15)11(14)9-10/h3-6,9H,1-2,7-8H2. The Morgan fingerprint density at radius 3 is 2.41 bits per heavy atom. The van der Waals surface area contributed by atoms with E-state index in [2.05, 4.69) is 29.1 Å². The first-order valence-electron chi connectivity index (χ1n) is 5.06. The molecular formula is C13H13BrClNO. The van der Waals surface area contributed by atoms with Gasteiger partial charge in [0, 0.05) is 23.1 Å². The number of nitrogens with zero attached hydrogens (tertiary/aromatic N) is 1. The molecule has 0 saturated carbocycles. The van der Waals surface area contributed by atoms with Crippen LogP contribution in [-0.4, -0.2) is 23.9 Å². The molecule has 0 aliphatic rings. The summed E-state index contributed by atoms with van der Waals surface area (Å²) in [4.78, 5) is 13.8. The fourth-order valence-corrected chi connectivity index (χ4v) is 1.86. The maximum atomic E-state index is 12.2. The van der Waals surface area contributed by atoms with Gasteiger partial charge in [0.15, 0.2) is 0 Å². The number of rotatable bonds is 5. The van der Waals surface area contributed by atoms with E-state index in [9.17, 15) is 4.79 Å². The van der Waals surface area contributed by atoms with Crippen LogP contribution >= 0.6 is 27.5 Å². The van der Waals surface area contributed by atoms with Crippen LogP contribution < -0.4 is 0 Å². The van der Waals surface area contributed by atoms with E-state index < -0.39 is 0 Å². The van der Waals surface area contributed by atoms with E-state index in [4.69, 9.17) is 11.6 Å². The summed E-state index contributed by atoms with van der Waals surface area (Å²) < 4.78 is 0.710. The molecule has 0 bridgehead atoms. The summed E-state index contributed by atoms with van der Waals surface area (Å²) in [6, 6.07) is 5.11. The highest BCUT2D eigenvalue weighted by atomic mass is 79.9. The van der Waals surface area contributed by atoms with Gasteiger partial charge in [0.05, 0.1) is 5.02 Å². The average Bonchev–Trinajstić information content (AvgIpc) is 2.31. The molecular weight excluding hydrogens is 302 g/mol. The second-order valence-corrected chi connectivity index (χ2v) is 4.68. The Morgan fingerprint density at radius 2 is 1.94 bits per heavy atom. The topological polar surface area (TPSA) is 20.3 Å². The minimum Gasteiger partial charge on any atom is -0.331 e. The lowest BCUT2D eigenvalue weighted by atomic mass is 10.2. The Balaban J connectivity index is 2.95. The zero-order valence-corrected chi connectivity index (χ0v) is 11.7. The highest BCUT2D eigenvalue weighted by molar-refractivity contribution is 9.10. The van der Waals surface area contributed by atoms with Gasteiger partial charge in [-0.3, -0.25) is 4.79 Å². The number of carbonyl (C=O) groups excluding carboxylic acids is 1. The van der Waals surface area contributed by atoms with Crippen molar-refractivity contribution in [2.75, 3.05) is 13.1 Å². The molecule has 0 aliphatic heterocycles. The number of hydrogen-bond donors (Lipinski definition) is 0. The molecule has 0 N–H and O–H groups in total. The second kappa shape index (κ2) is 6.62. The van der Waals surface area contributed by atoms with Gasteiger partial charge in [-0.15, -0.1) is 13.2 Å². The van der Waals surface area contributed by atoms with Crippen molar-refractivity contribution in [1.29, 1.82) is 0 Å². The van der Waals surface area contributed by atoms with E-state index in [1.54, 1.807) is 35.3 Å². The molecule has 17 heavy (non-hydrogen) atoms. The Kier molecular flexibility index (Phi) is 5.45. The Labute approximate surface area is 115 Å². The maximum Gasteiger partial charge on any atom is 0.254 e. The second-order valence-electron chi connectivity index (χ2n) is 3.42. The molecule has 0 spiro atoms. The zero-order valence-electron chi connectivity index (χ0n) is 9.33. The monoisotopic (exact) mass is 313 g/mol. The van der Waals surface area contributed by atoms with Gasteiger partial charge >= 0.3 is 0 Å². The van der Waals surface area contributed by atoms with Crippen molar-refractivity contribution in [3.63, 3.8) is 0 Å². The lowest BCUT2D eigenvalue weighted by molar-refractivity contribution is 0.0791. The molecule has 4 heteroatoms. The van der Waals surface area contributed by atoms with Crippen LogP contribution in [0.1, 0.15) is 10.4 Å². The summed E-state index contributed by atoms with van der Waals surface area (Å²) in [6.07, 6.45) is 3.37. The Morgan fingerprint density at radius 1 is 1.35 bits per heavy atom. The molecule has 1 aromatic rings. The van der Waals surface area contributed by atoms with Crippen LogP contribution in [0.3, 0.4) is 0 Å². The van der Waals surface area contributed by atoms with Gasteiger partial charge in [0.1, 0.15) is 0 Å². The Bertz CT molecular complexity index is 435. The van der Waals surface area contributed by atoms with Crippen LogP contribution in [0.15, 0.2) is 48.0 Å². The highest BCUT2D eigenvalue weighted by Gasteiger charge is 2.14. The molecule has 0 aromatic heterocycles. The van der Waals surface area contributed by atoms with E-state index in [1.807, 2.05) is 0 Å². The van der Waals surface area contributed by atoms with Crippen molar-refractivity contribution >= 4 is 33.4 Å². The lowest BCUT2D eigenvalue weighted by Crippen LogP contribution is -2.31. The SMILES string of the molecule is C=CCN(CC=C)C(=O)c1ccc(Cl)c(Br)c1. The van der Waals surface area contributed by atoms with Gasteiger partial charge in [0.2, 0.25) is 0 Å². The van der Waals surface area contributed by atoms with Crippen molar-refractivity contribution in [2.45, 2.75) is 0 Å². The molecule has 0 fully saturated rings. The summed E-state index contributed by atoms with van der Waals surface area (Å²) in [6.45, 7) is 8.25. The van der Waals surface area contributed by atoms with E-state index in [0.717, 1.165) is 0 Å². The quantitative estimate of drug-likeness (QED) is 0.754. The van der Waals surface area contributed by atoms with Gasteiger partial charge in [-0.2, -0.15) is 0 Å². The minimum atomic E-state index is -0.0674. The fourth-order valence-electron chi connectivity index (χ4n) is 1.36. The van der Waals surface area contributed by atoms with Gasteiger partial charge in [0.25, 0.3) is 5.91 Å². The first kappa shape index (κ1) is 14.0. The normalized spacial score (nSPS) is 9.76. The molecule has 0 radical (unpaired) electrons. The van der Waals surface area contributed by atoms with Crippen molar-refractivity contribution in [2.24, 2.45) is 0 Å². The number of halogens is 2. The predicted molar refractivity (Wildman–Crippen MR) is 75.4 cm³/mol. The average molecular weight is 315 g/mol. The lowest BCUT2D eigenvalue weighted by Gasteiger charge is -2.19. The largest absolute Gasteiger partial charge is 0.331 e. The van der Waals surface area contributed by atoms with Crippen LogP contribution in [-0.2, 0) is 0 Å². The Hall–Kier alpha value is -1.06. The van der Waals surface area contributed by atoms with Gasteiger partial charge in [-0.25, -0.2) is 0 Å². The molecule has 90 valence electrons. The van der Waals surface area contributed by atoms with E-state index in [1.165, 1.54) is 0 Å². The van der Waals surface area contributed by atoms with Crippen molar-refractivity contribution in [3.05, 3.63) is 58.6 Å². The minimum absolute atomic E-state index is 0.0674. The molecule has 1 aromatic carbocycles. The zero-order chi connectivity index (χ0) is 12.8. The van der Waals surface area contributed by atoms with Gasteiger partial charge in [-0.05, 0) is 34.1 Å². The van der Waals surface area contributed by atoms with Crippen LogP contribution in [0.2, 0.25) is 5.02 Å². The number of carbonyl (C=O) groups is 1. The molecule has 1 amide bonds. The smallest absolute Gasteiger partial charge is 0.254 e. The van der Waals surface area contributed by atoms with Crippen LogP contribution in [0.5, 0.6) is 0 Å². The van der Waals surface area contributed by atoms with Crippen molar-refractivity contribution in [3.8, 4) is 0 Å². The summed E-state index contributed by atoms with van der Waals surface area (Å²) in [7, 11) is 0. The highest BCUT2D eigenvalue weighted by Crippen LogP contribution is 2.23. The summed E-state index contributed by atoms with van der Waals surface area (Å²) in [5, 5.41) is 0.584. The summed E-state index contributed by atoms with van der Waals surface area (Å²) in [5.74, 6) is -0.0674. The summed E-state index contributed by atoms with van der Waals surface area (Å²) >= 11 is 9.18. The van der Waals surface area contributed by atoms with Gasteiger partial charge in [-0.1, -0.05) is 23.8 Å². The van der Waals surface area contributed by atoms with Crippen molar-refractivity contribution < 1.29 is 4.79 Å². The van der Waals surface area contributed by atoms with E-state index in [-0.39, 0.29) is 5.91 Å². The molecule has 2 nitrogen and oxygen atoms in total.